The lowest BCUT2D eigenvalue weighted by Gasteiger charge is -2.06. The van der Waals surface area contributed by atoms with Crippen LogP contribution in [0.1, 0.15) is 36.7 Å². The molecule has 0 aliphatic carbocycles. The van der Waals surface area contributed by atoms with E-state index >= 15 is 0 Å². The lowest BCUT2D eigenvalue weighted by atomic mass is 10.2. The maximum Gasteiger partial charge on any atom is 0.244 e. The van der Waals surface area contributed by atoms with Gasteiger partial charge in [-0.1, -0.05) is 29.8 Å². The van der Waals surface area contributed by atoms with Crippen molar-refractivity contribution in [3.8, 4) is 0 Å². The van der Waals surface area contributed by atoms with Crippen LogP contribution in [-0.2, 0) is 16.6 Å². The number of nitrogens with one attached hydrogen (secondary N) is 1. The highest BCUT2D eigenvalue weighted by atomic mass is 32.2. The zero-order valence-electron chi connectivity index (χ0n) is 12.8. The maximum atomic E-state index is 12.4. The van der Waals surface area contributed by atoms with Gasteiger partial charge in [0.25, 0.3) is 0 Å². The average Bonchev–Trinajstić information content (AvgIpc) is 2.81. The summed E-state index contributed by atoms with van der Waals surface area (Å²) in [4.78, 5) is 0.239. The third-order valence-electron chi connectivity index (χ3n) is 3.28. The highest BCUT2D eigenvalue weighted by molar-refractivity contribution is 7.89. The summed E-state index contributed by atoms with van der Waals surface area (Å²) in [6, 6.07) is 7.90. The van der Waals surface area contributed by atoms with E-state index in [9.17, 15) is 8.42 Å². The fourth-order valence-corrected chi connectivity index (χ4v) is 3.14. The molecule has 21 heavy (non-hydrogen) atoms. The van der Waals surface area contributed by atoms with Gasteiger partial charge in [0, 0.05) is 18.8 Å². The molecule has 1 aromatic carbocycles. The molecule has 0 amide bonds. The average molecular weight is 307 g/mol. The van der Waals surface area contributed by atoms with Crippen molar-refractivity contribution in [3.63, 3.8) is 0 Å². The number of nitrogens with zero attached hydrogens (tertiary/aromatic N) is 2. The van der Waals surface area contributed by atoms with Gasteiger partial charge < -0.3 is 0 Å². The van der Waals surface area contributed by atoms with Crippen molar-refractivity contribution < 1.29 is 8.42 Å². The predicted octanol–water partition coefficient (Wildman–Crippen LogP) is 2.56. The van der Waals surface area contributed by atoms with Crippen LogP contribution >= 0.6 is 0 Å². The van der Waals surface area contributed by atoms with Crippen molar-refractivity contribution >= 4 is 10.0 Å². The van der Waals surface area contributed by atoms with Gasteiger partial charge in [-0.15, -0.1) is 0 Å². The topological polar surface area (TPSA) is 64.0 Å². The molecule has 0 aliphatic rings. The lowest BCUT2D eigenvalue weighted by molar-refractivity contribution is 0.528. The second kappa shape index (κ2) is 5.99. The summed E-state index contributed by atoms with van der Waals surface area (Å²) in [6.07, 6.45) is 1.58. The van der Waals surface area contributed by atoms with E-state index in [0.29, 0.717) is 5.69 Å². The summed E-state index contributed by atoms with van der Waals surface area (Å²) in [5.74, 6) is 0. The van der Waals surface area contributed by atoms with E-state index in [4.69, 9.17) is 0 Å². The van der Waals surface area contributed by atoms with Crippen LogP contribution in [0.5, 0.6) is 0 Å². The largest absolute Gasteiger partial charge is 0.269 e. The van der Waals surface area contributed by atoms with E-state index in [-0.39, 0.29) is 17.5 Å². The van der Waals surface area contributed by atoms with Crippen molar-refractivity contribution in [2.45, 2.75) is 45.2 Å². The third kappa shape index (κ3) is 3.71. The Morgan fingerprint density at radius 1 is 1.19 bits per heavy atom. The van der Waals surface area contributed by atoms with Gasteiger partial charge in [-0.05, 0) is 33.3 Å². The Morgan fingerprint density at radius 3 is 2.33 bits per heavy atom. The van der Waals surface area contributed by atoms with Gasteiger partial charge in [0.2, 0.25) is 10.0 Å². The lowest BCUT2D eigenvalue weighted by Crippen LogP contribution is -2.23. The zero-order chi connectivity index (χ0) is 15.6. The second-order valence-electron chi connectivity index (χ2n) is 5.46. The molecule has 0 aliphatic heterocycles. The monoisotopic (exact) mass is 307 g/mol. The Morgan fingerprint density at radius 2 is 1.81 bits per heavy atom. The molecule has 2 rings (SSSR count). The highest BCUT2D eigenvalue weighted by Crippen LogP contribution is 2.16. The summed E-state index contributed by atoms with van der Waals surface area (Å²) in [5, 5.41) is 4.24. The molecule has 0 saturated carbocycles. The normalized spacial score (nSPS) is 12.0. The van der Waals surface area contributed by atoms with Crippen LogP contribution in [0, 0.1) is 13.8 Å². The standard InChI is InChI=1S/C15H21N3O2S/c1-11(2)18-10-15(13(4)17-18)21(19,20)16-9-14-7-5-12(3)6-8-14/h5-8,10-11,16H,9H2,1-4H3. The molecule has 0 unspecified atom stereocenters. The molecule has 114 valence electrons. The molecule has 0 saturated heterocycles. The first-order valence-corrected chi connectivity index (χ1v) is 8.39. The van der Waals surface area contributed by atoms with Crippen LogP contribution in [0.3, 0.4) is 0 Å². The van der Waals surface area contributed by atoms with E-state index in [1.165, 1.54) is 0 Å². The van der Waals surface area contributed by atoms with Crippen molar-refractivity contribution in [2.75, 3.05) is 0 Å². The first-order valence-electron chi connectivity index (χ1n) is 6.90. The number of hydrogen-bond donors (Lipinski definition) is 1. The smallest absolute Gasteiger partial charge is 0.244 e. The van der Waals surface area contributed by atoms with Gasteiger partial charge in [-0.3, -0.25) is 4.68 Å². The minimum atomic E-state index is -3.55. The SMILES string of the molecule is Cc1ccc(CNS(=O)(=O)c2cn(C(C)C)nc2C)cc1. The van der Waals surface area contributed by atoms with Crippen molar-refractivity contribution in [3.05, 3.63) is 47.3 Å². The number of aryl methyl sites for hydroxylation is 2. The van der Waals surface area contributed by atoms with Crippen LogP contribution in [-0.4, -0.2) is 18.2 Å². The molecule has 1 heterocycles. The number of benzene rings is 1. The van der Waals surface area contributed by atoms with Crippen molar-refractivity contribution in [1.29, 1.82) is 0 Å². The summed E-state index contributed by atoms with van der Waals surface area (Å²) in [5.41, 5.74) is 2.59. The van der Waals surface area contributed by atoms with Crippen molar-refractivity contribution in [2.24, 2.45) is 0 Å². The molecule has 6 heteroatoms. The molecule has 0 radical (unpaired) electrons. The first kappa shape index (κ1) is 15.7. The van der Waals surface area contributed by atoms with Gasteiger partial charge in [0.15, 0.2) is 0 Å². The van der Waals surface area contributed by atoms with Crippen LogP contribution in [0.15, 0.2) is 35.4 Å². The van der Waals surface area contributed by atoms with Crippen molar-refractivity contribution in [1.82, 2.24) is 14.5 Å². The van der Waals surface area contributed by atoms with E-state index in [0.717, 1.165) is 11.1 Å². The number of sulfonamides is 1. The molecular formula is C15H21N3O2S. The van der Waals surface area contributed by atoms with Gasteiger partial charge in [-0.25, -0.2) is 13.1 Å². The van der Waals surface area contributed by atoms with Crippen LogP contribution in [0.2, 0.25) is 0 Å². The summed E-state index contributed by atoms with van der Waals surface area (Å²) in [7, 11) is -3.55. The van der Waals surface area contributed by atoms with E-state index < -0.39 is 10.0 Å². The quantitative estimate of drug-likeness (QED) is 0.923. The fourth-order valence-electron chi connectivity index (χ4n) is 1.96. The second-order valence-corrected chi connectivity index (χ2v) is 7.20. The molecule has 2 aromatic rings. The third-order valence-corrected chi connectivity index (χ3v) is 4.78. The molecule has 0 spiro atoms. The maximum absolute atomic E-state index is 12.4. The van der Waals surface area contributed by atoms with Gasteiger partial charge in [-0.2, -0.15) is 5.10 Å². The minimum Gasteiger partial charge on any atom is -0.269 e. The molecule has 0 atom stereocenters. The van der Waals surface area contributed by atoms with Crippen LogP contribution in [0.4, 0.5) is 0 Å². The summed E-state index contributed by atoms with van der Waals surface area (Å²) >= 11 is 0. The van der Waals surface area contributed by atoms with Gasteiger partial charge in [0.1, 0.15) is 4.90 Å². The van der Waals surface area contributed by atoms with Crippen LogP contribution < -0.4 is 4.72 Å². The minimum absolute atomic E-state index is 0.129. The summed E-state index contributed by atoms with van der Waals surface area (Å²) < 4.78 is 29.0. The number of aromatic nitrogens is 2. The summed E-state index contributed by atoms with van der Waals surface area (Å²) in [6.45, 7) is 7.90. The first-order chi connectivity index (χ1) is 9.79. The molecular weight excluding hydrogens is 286 g/mol. The van der Waals surface area contributed by atoms with E-state index in [1.54, 1.807) is 17.8 Å². The molecule has 5 nitrogen and oxygen atoms in total. The van der Waals surface area contributed by atoms with Gasteiger partial charge >= 0.3 is 0 Å². The highest BCUT2D eigenvalue weighted by Gasteiger charge is 2.20. The van der Waals surface area contributed by atoms with E-state index in [2.05, 4.69) is 9.82 Å². The van der Waals surface area contributed by atoms with Gasteiger partial charge in [0.05, 0.1) is 5.69 Å². The zero-order valence-corrected chi connectivity index (χ0v) is 13.6. The molecule has 0 bridgehead atoms. The Kier molecular flexibility index (Phi) is 4.49. The molecule has 0 fully saturated rings. The fraction of sp³-hybridized carbons (Fsp3) is 0.400. The number of hydrogen-bond acceptors (Lipinski definition) is 3. The predicted molar refractivity (Wildman–Crippen MR) is 82.6 cm³/mol. The Labute approximate surface area is 126 Å². The molecule has 1 aromatic heterocycles. The Balaban J connectivity index is 2.16. The number of rotatable bonds is 5. The van der Waals surface area contributed by atoms with Crippen LogP contribution in [0.25, 0.3) is 0 Å². The molecule has 1 N–H and O–H groups in total. The van der Waals surface area contributed by atoms with E-state index in [1.807, 2.05) is 45.0 Å². The Hall–Kier alpha value is -1.66. The Bertz CT molecular complexity index is 716.